The summed E-state index contributed by atoms with van der Waals surface area (Å²) in [5.41, 5.74) is 0. The van der Waals surface area contributed by atoms with Gasteiger partial charge in [-0.05, 0) is 0 Å². The Morgan fingerprint density at radius 2 is 0.600 bits per heavy atom. The summed E-state index contributed by atoms with van der Waals surface area (Å²) in [6.07, 6.45) is 0. The van der Waals surface area contributed by atoms with E-state index in [9.17, 15) is 0 Å². The first kappa shape index (κ1) is 127. The average molecular weight is 148 g/mol. The minimum Gasteiger partial charge on any atom is -2.00 e. The number of hydrogen-bond acceptors (Lipinski definition) is 0. The van der Waals surface area contributed by atoms with E-state index in [4.69, 9.17) is 0 Å². The molecule has 0 aliphatic rings. The van der Waals surface area contributed by atoms with Gasteiger partial charge in [0.1, 0.15) is 0 Å². The second kappa shape index (κ2) is 68.8. The van der Waals surface area contributed by atoms with Gasteiger partial charge >= 0.3 is 39.1 Å². The Balaban J connectivity index is 0. The molecule has 27 valence electrons. The second-order valence-corrected chi connectivity index (χ2v) is 0. The number of rotatable bonds is 0. The first-order valence-electron chi connectivity index (χ1n) is 0. The molecular weight excluding hydrogens is 148 g/mol. The van der Waals surface area contributed by atoms with Crippen molar-refractivity contribution in [1.29, 1.82) is 0 Å². The third-order valence-electron chi connectivity index (χ3n) is 0. The zero-order valence-electron chi connectivity index (χ0n) is 2.13. The first-order valence-corrected chi connectivity index (χ1v) is 0. The standard InChI is InChI=1S/Cr.3O.Ti/q+3;3*-2;+4. The maximum Gasteiger partial charge on any atom is 4.00 e. The van der Waals surface area contributed by atoms with Gasteiger partial charge in [0.05, 0.1) is 0 Å². The molecule has 0 saturated carbocycles. The van der Waals surface area contributed by atoms with Gasteiger partial charge in [0.25, 0.3) is 0 Å². The SMILES string of the molecule is [Cr+3].[O-2].[O-2].[O-2].[Ti+4]. The fraction of sp³-hybridized carbons (Fsp3) is 0. The molecule has 3 nitrogen and oxygen atoms in total. The molecule has 0 atom stereocenters. The van der Waals surface area contributed by atoms with Crippen molar-refractivity contribution in [3.63, 3.8) is 0 Å². The Labute approximate surface area is 55.7 Å². The fourth-order valence-electron chi connectivity index (χ4n) is 0. The monoisotopic (exact) mass is 148 g/mol. The van der Waals surface area contributed by atoms with E-state index in [0.29, 0.717) is 0 Å². The molecule has 0 spiro atoms. The van der Waals surface area contributed by atoms with Crippen LogP contribution in [0, 0.1) is 0 Å². The Kier molecular flexibility index (Phi) is 1740. The van der Waals surface area contributed by atoms with Crippen LogP contribution in [0.1, 0.15) is 0 Å². The van der Waals surface area contributed by atoms with Gasteiger partial charge in [-0.15, -0.1) is 0 Å². The summed E-state index contributed by atoms with van der Waals surface area (Å²) in [5.74, 6) is 0. The molecule has 0 bridgehead atoms. The molecule has 0 aliphatic heterocycles. The summed E-state index contributed by atoms with van der Waals surface area (Å²) in [5, 5.41) is 0. The van der Waals surface area contributed by atoms with Crippen LogP contribution in [-0.2, 0) is 55.5 Å². The largest absolute Gasteiger partial charge is 4.00 e. The smallest absolute Gasteiger partial charge is 2.00 e. The molecule has 0 unspecified atom stereocenters. The van der Waals surface area contributed by atoms with Crippen LogP contribution >= 0.6 is 0 Å². The minimum atomic E-state index is 0. The van der Waals surface area contributed by atoms with Crippen molar-refractivity contribution in [2.45, 2.75) is 0 Å². The molecular formula is CrO3Ti+. The van der Waals surface area contributed by atoms with Crippen molar-refractivity contribution in [3.05, 3.63) is 0 Å². The van der Waals surface area contributed by atoms with Crippen LogP contribution in [0.25, 0.3) is 0 Å². The van der Waals surface area contributed by atoms with Crippen LogP contribution in [0.3, 0.4) is 0 Å². The van der Waals surface area contributed by atoms with Crippen LogP contribution in [0.4, 0.5) is 0 Å². The molecule has 0 heterocycles. The Hall–Kier alpha value is 1.13. The first-order chi connectivity index (χ1) is 0. The quantitative estimate of drug-likeness (QED) is 0.420. The Bertz CT molecular complexity index is 6.85. The molecule has 5 heteroatoms. The van der Waals surface area contributed by atoms with Gasteiger partial charge in [0.2, 0.25) is 0 Å². The summed E-state index contributed by atoms with van der Waals surface area (Å²) >= 11 is 0. The van der Waals surface area contributed by atoms with Crippen LogP contribution in [0.5, 0.6) is 0 Å². The molecule has 0 aromatic rings. The molecule has 0 aromatic heterocycles. The Morgan fingerprint density at radius 1 is 0.600 bits per heavy atom. The van der Waals surface area contributed by atoms with Gasteiger partial charge in [-0.2, -0.15) is 0 Å². The van der Waals surface area contributed by atoms with E-state index in [1.165, 1.54) is 0 Å². The second-order valence-electron chi connectivity index (χ2n) is 0. The maximum atomic E-state index is 0. The maximum absolute atomic E-state index is 0. The van der Waals surface area contributed by atoms with E-state index in [-0.39, 0.29) is 55.5 Å². The molecule has 0 aromatic carbocycles. The summed E-state index contributed by atoms with van der Waals surface area (Å²) in [6, 6.07) is 0. The summed E-state index contributed by atoms with van der Waals surface area (Å²) in [6.45, 7) is 0. The van der Waals surface area contributed by atoms with Crippen LogP contribution < -0.4 is 0 Å². The molecule has 0 fully saturated rings. The Morgan fingerprint density at radius 3 is 0.600 bits per heavy atom. The van der Waals surface area contributed by atoms with Crippen LogP contribution in [-0.4, -0.2) is 0 Å². The molecule has 0 saturated heterocycles. The van der Waals surface area contributed by atoms with Crippen molar-refractivity contribution < 1.29 is 55.5 Å². The van der Waals surface area contributed by atoms with Crippen molar-refractivity contribution in [2.24, 2.45) is 0 Å². The van der Waals surface area contributed by atoms with Crippen molar-refractivity contribution in [2.75, 3.05) is 0 Å². The zero-order valence-corrected chi connectivity index (χ0v) is 4.97. The van der Waals surface area contributed by atoms with E-state index in [1.807, 2.05) is 0 Å². The summed E-state index contributed by atoms with van der Waals surface area (Å²) in [4.78, 5) is 0. The molecule has 0 N–H and O–H groups in total. The fourth-order valence-corrected chi connectivity index (χ4v) is 0. The predicted octanol–water partition coefficient (Wildman–Crippen LogP) is -0.361. The third kappa shape index (κ3) is 39.5. The summed E-state index contributed by atoms with van der Waals surface area (Å²) < 4.78 is 0. The molecule has 0 aliphatic carbocycles. The van der Waals surface area contributed by atoms with Crippen molar-refractivity contribution in [3.8, 4) is 0 Å². The van der Waals surface area contributed by atoms with E-state index in [0.717, 1.165) is 0 Å². The van der Waals surface area contributed by atoms with E-state index in [1.54, 1.807) is 0 Å². The minimum absolute atomic E-state index is 0. The van der Waals surface area contributed by atoms with E-state index < -0.39 is 0 Å². The van der Waals surface area contributed by atoms with Gasteiger partial charge in [-0.1, -0.05) is 0 Å². The molecule has 5 heavy (non-hydrogen) atoms. The van der Waals surface area contributed by atoms with Crippen molar-refractivity contribution in [1.82, 2.24) is 0 Å². The van der Waals surface area contributed by atoms with Gasteiger partial charge < -0.3 is 16.4 Å². The third-order valence-corrected chi connectivity index (χ3v) is 0. The molecule has 0 rings (SSSR count). The normalized spacial score (nSPS) is 0. The van der Waals surface area contributed by atoms with E-state index >= 15 is 0 Å². The molecule has 0 amide bonds. The van der Waals surface area contributed by atoms with Gasteiger partial charge in [0, 0.05) is 0 Å². The number of hydrogen-bond donors (Lipinski definition) is 0. The van der Waals surface area contributed by atoms with Gasteiger partial charge in [0.15, 0.2) is 0 Å². The van der Waals surface area contributed by atoms with Crippen LogP contribution in [0.15, 0.2) is 0 Å². The average Bonchev–Trinajstić information content (AvgIpc) is 0. The van der Waals surface area contributed by atoms with Crippen molar-refractivity contribution >= 4 is 0 Å². The van der Waals surface area contributed by atoms with Gasteiger partial charge in [-0.25, -0.2) is 0 Å². The molecule has 1 radical (unpaired) electrons. The summed E-state index contributed by atoms with van der Waals surface area (Å²) in [7, 11) is 0. The van der Waals surface area contributed by atoms with Gasteiger partial charge in [-0.3, -0.25) is 0 Å². The van der Waals surface area contributed by atoms with Crippen LogP contribution in [0.2, 0.25) is 0 Å². The van der Waals surface area contributed by atoms with E-state index in [2.05, 4.69) is 0 Å². The zero-order chi connectivity index (χ0) is 0. The predicted molar refractivity (Wildman–Crippen MR) is 2.06 cm³/mol. The topological polar surface area (TPSA) is 85.5 Å².